The summed E-state index contributed by atoms with van der Waals surface area (Å²) in [4.78, 5) is 12.3. The van der Waals surface area contributed by atoms with E-state index in [1.165, 1.54) is 0 Å². The normalized spacial score (nSPS) is 17.2. The number of anilines is 2. The first-order chi connectivity index (χ1) is 11.9. The van der Waals surface area contributed by atoms with E-state index in [-0.39, 0.29) is 16.8 Å². The molecule has 0 aliphatic carbocycles. The number of rotatable bonds is 5. The van der Waals surface area contributed by atoms with Crippen LogP contribution in [0.2, 0.25) is 0 Å². The molecule has 1 saturated heterocycles. The summed E-state index contributed by atoms with van der Waals surface area (Å²) >= 11 is 0. The molecular weight excluding hydrogens is 338 g/mol. The standard InChI is InChI=1S/C18H21N3O3S/c1-13-4-10-16(11-5-13)25(23,24)21-15-8-6-14(7-9-15)20-18(22)17-3-2-12-19-17/h4-11,17,19,21H,2-3,12H2,1H3,(H,20,22). The van der Waals surface area contributed by atoms with E-state index < -0.39 is 10.0 Å². The molecular formula is C18H21N3O3S. The first-order valence-electron chi connectivity index (χ1n) is 8.18. The molecule has 1 atom stereocenters. The van der Waals surface area contributed by atoms with Gasteiger partial charge in [-0.2, -0.15) is 0 Å². The van der Waals surface area contributed by atoms with Crippen LogP contribution in [0.5, 0.6) is 0 Å². The van der Waals surface area contributed by atoms with E-state index in [1.54, 1.807) is 48.5 Å². The third-order valence-electron chi connectivity index (χ3n) is 4.11. The number of aryl methyl sites for hydroxylation is 1. The van der Waals surface area contributed by atoms with Crippen LogP contribution in [0.15, 0.2) is 53.4 Å². The lowest BCUT2D eigenvalue weighted by Gasteiger charge is -2.12. The van der Waals surface area contributed by atoms with Crippen molar-refractivity contribution in [1.29, 1.82) is 0 Å². The molecule has 1 aliphatic heterocycles. The van der Waals surface area contributed by atoms with Gasteiger partial charge in [-0.1, -0.05) is 17.7 Å². The minimum Gasteiger partial charge on any atom is -0.325 e. The van der Waals surface area contributed by atoms with Gasteiger partial charge in [-0.25, -0.2) is 8.42 Å². The molecule has 1 heterocycles. The predicted molar refractivity (Wildman–Crippen MR) is 98.1 cm³/mol. The molecule has 1 amide bonds. The second-order valence-corrected chi connectivity index (χ2v) is 7.82. The molecule has 2 aromatic rings. The maximum atomic E-state index is 12.4. The number of hydrogen-bond donors (Lipinski definition) is 3. The van der Waals surface area contributed by atoms with E-state index in [0.29, 0.717) is 11.4 Å². The quantitative estimate of drug-likeness (QED) is 0.765. The smallest absolute Gasteiger partial charge is 0.261 e. The fourth-order valence-electron chi connectivity index (χ4n) is 2.69. The average Bonchev–Trinajstić information content (AvgIpc) is 3.11. The van der Waals surface area contributed by atoms with Crippen molar-refractivity contribution in [3.8, 4) is 0 Å². The summed E-state index contributed by atoms with van der Waals surface area (Å²) in [6, 6.07) is 13.1. The van der Waals surface area contributed by atoms with Crippen molar-refractivity contribution in [2.45, 2.75) is 30.7 Å². The molecule has 3 N–H and O–H groups in total. The largest absolute Gasteiger partial charge is 0.325 e. The maximum Gasteiger partial charge on any atom is 0.261 e. The Kier molecular flexibility index (Phi) is 5.06. The number of nitrogens with one attached hydrogen (secondary N) is 3. The summed E-state index contributed by atoms with van der Waals surface area (Å²) in [5.41, 5.74) is 2.07. The second-order valence-electron chi connectivity index (χ2n) is 6.13. The third kappa shape index (κ3) is 4.37. The molecule has 0 spiro atoms. The van der Waals surface area contributed by atoms with Gasteiger partial charge in [0.05, 0.1) is 10.9 Å². The zero-order chi connectivity index (χ0) is 17.9. The molecule has 1 unspecified atom stereocenters. The zero-order valence-corrected chi connectivity index (χ0v) is 14.8. The van der Waals surface area contributed by atoms with Crippen molar-refractivity contribution in [1.82, 2.24) is 5.32 Å². The summed E-state index contributed by atoms with van der Waals surface area (Å²) in [7, 11) is -3.63. The molecule has 132 valence electrons. The Hall–Kier alpha value is -2.38. The number of benzene rings is 2. The monoisotopic (exact) mass is 359 g/mol. The molecule has 6 nitrogen and oxygen atoms in total. The van der Waals surface area contributed by atoms with Crippen LogP contribution in [0.25, 0.3) is 0 Å². The molecule has 0 aromatic heterocycles. The predicted octanol–water partition coefficient (Wildman–Crippen LogP) is 2.49. The van der Waals surface area contributed by atoms with Crippen molar-refractivity contribution < 1.29 is 13.2 Å². The van der Waals surface area contributed by atoms with E-state index in [4.69, 9.17) is 0 Å². The van der Waals surface area contributed by atoms with Gasteiger partial charge in [0.1, 0.15) is 0 Å². The first-order valence-corrected chi connectivity index (χ1v) is 9.66. The Morgan fingerprint density at radius 2 is 1.68 bits per heavy atom. The molecule has 3 rings (SSSR count). The number of carbonyl (C=O) groups excluding carboxylic acids is 1. The van der Waals surface area contributed by atoms with Gasteiger partial charge >= 0.3 is 0 Å². The van der Waals surface area contributed by atoms with Gasteiger partial charge in [0, 0.05) is 11.4 Å². The van der Waals surface area contributed by atoms with Crippen LogP contribution in [-0.2, 0) is 14.8 Å². The van der Waals surface area contributed by atoms with Crippen LogP contribution in [-0.4, -0.2) is 26.9 Å². The van der Waals surface area contributed by atoms with Crippen LogP contribution < -0.4 is 15.4 Å². The Bertz CT molecular complexity index is 840. The molecule has 0 bridgehead atoms. The fourth-order valence-corrected chi connectivity index (χ4v) is 3.75. The summed E-state index contributed by atoms with van der Waals surface area (Å²) in [6.45, 7) is 2.76. The highest BCUT2D eigenvalue weighted by molar-refractivity contribution is 7.92. The Morgan fingerprint density at radius 1 is 1.04 bits per heavy atom. The fraction of sp³-hybridized carbons (Fsp3) is 0.278. The molecule has 7 heteroatoms. The first kappa shape index (κ1) is 17.4. The van der Waals surface area contributed by atoms with E-state index in [0.717, 1.165) is 24.9 Å². The summed E-state index contributed by atoms with van der Waals surface area (Å²) in [5, 5.41) is 5.97. The number of hydrogen-bond acceptors (Lipinski definition) is 4. The third-order valence-corrected chi connectivity index (χ3v) is 5.51. The van der Waals surface area contributed by atoms with Crippen LogP contribution in [0, 0.1) is 6.92 Å². The highest BCUT2D eigenvalue weighted by atomic mass is 32.2. The Labute approximate surface area is 147 Å². The lowest BCUT2D eigenvalue weighted by Crippen LogP contribution is -2.35. The van der Waals surface area contributed by atoms with Gasteiger partial charge in [-0.3, -0.25) is 9.52 Å². The number of amides is 1. The summed E-state index contributed by atoms with van der Waals surface area (Å²) in [6.07, 6.45) is 1.83. The van der Waals surface area contributed by atoms with Gasteiger partial charge < -0.3 is 10.6 Å². The van der Waals surface area contributed by atoms with Gasteiger partial charge in [0.25, 0.3) is 10.0 Å². The van der Waals surface area contributed by atoms with Crippen molar-refractivity contribution in [2.24, 2.45) is 0 Å². The average molecular weight is 359 g/mol. The van der Waals surface area contributed by atoms with Gasteiger partial charge in [-0.15, -0.1) is 0 Å². The van der Waals surface area contributed by atoms with E-state index in [2.05, 4.69) is 15.4 Å². The Balaban J connectivity index is 1.65. The molecule has 0 saturated carbocycles. The summed E-state index contributed by atoms with van der Waals surface area (Å²) < 4.78 is 27.3. The van der Waals surface area contributed by atoms with Gasteiger partial charge in [-0.05, 0) is 62.7 Å². The van der Waals surface area contributed by atoms with Crippen molar-refractivity contribution in [2.75, 3.05) is 16.6 Å². The van der Waals surface area contributed by atoms with Crippen molar-refractivity contribution >= 4 is 27.3 Å². The van der Waals surface area contributed by atoms with Crippen LogP contribution in [0.3, 0.4) is 0 Å². The van der Waals surface area contributed by atoms with Gasteiger partial charge in [0.2, 0.25) is 5.91 Å². The lowest BCUT2D eigenvalue weighted by atomic mass is 10.2. The maximum absolute atomic E-state index is 12.4. The van der Waals surface area contributed by atoms with Crippen molar-refractivity contribution in [3.63, 3.8) is 0 Å². The molecule has 2 aromatic carbocycles. The zero-order valence-electron chi connectivity index (χ0n) is 14.0. The molecule has 1 aliphatic rings. The minimum absolute atomic E-state index is 0.0644. The van der Waals surface area contributed by atoms with Crippen LogP contribution in [0.4, 0.5) is 11.4 Å². The highest BCUT2D eigenvalue weighted by Gasteiger charge is 2.21. The minimum atomic E-state index is -3.63. The van der Waals surface area contributed by atoms with Crippen molar-refractivity contribution in [3.05, 3.63) is 54.1 Å². The van der Waals surface area contributed by atoms with Gasteiger partial charge in [0.15, 0.2) is 0 Å². The van der Waals surface area contributed by atoms with Crippen LogP contribution in [0.1, 0.15) is 18.4 Å². The molecule has 1 fully saturated rings. The lowest BCUT2D eigenvalue weighted by molar-refractivity contribution is -0.117. The second kappa shape index (κ2) is 7.25. The Morgan fingerprint density at radius 3 is 2.28 bits per heavy atom. The number of carbonyl (C=O) groups is 1. The number of sulfonamides is 1. The van der Waals surface area contributed by atoms with E-state index in [1.807, 2.05) is 6.92 Å². The molecule has 25 heavy (non-hydrogen) atoms. The highest BCUT2D eigenvalue weighted by Crippen LogP contribution is 2.19. The topological polar surface area (TPSA) is 87.3 Å². The molecule has 0 radical (unpaired) electrons. The van der Waals surface area contributed by atoms with Crippen LogP contribution >= 0.6 is 0 Å². The summed E-state index contributed by atoms with van der Waals surface area (Å²) in [5.74, 6) is -0.0644. The van der Waals surface area contributed by atoms with E-state index >= 15 is 0 Å². The van der Waals surface area contributed by atoms with E-state index in [9.17, 15) is 13.2 Å². The SMILES string of the molecule is Cc1ccc(S(=O)(=O)Nc2ccc(NC(=O)C3CCCN3)cc2)cc1.